The maximum absolute atomic E-state index is 9.80. The highest BCUT2D eigenvalue weighted by atomic mass is 16.4. The molecule has 1 aromatic heterocycles. The predicted molar refractivity (Wildman–Crippen MR) is 58.9 cm³/mol. The largest absolute Gasteiger partial charge is 0.463 e. The molecule has 1 aliphatic carbocycles. The molecule has 0 spiro atoms. The van der Waals surface area contributed by atoms with Crippen LogP contribution in [-0.4, -0.2) is 18.7 Å². The number of aliphatic hydroxyl groups is 1. The van der Waals surface area contributed by atoms with Crippen LogP contribution >= 0.6 is 0 Å². The molecule has 1 aliphatic rings. The summed E-state index contributed by atoms with van der Waals surface area (Å²) in [5, 5.41) is 12.7. The monoisotopic (exact) mass is 209 g/mol. The van der Waals surface area contributed by atoms with Gasteiger partial charge in [0.15, 0.2) is 0 Å². The number of fused-ring (bicyclic) bond motifs is 1. The Bertz CT molecular complexity index is 332. The molecule has 0 bridgehead atoms. The summed E-state index contributed by atoms with van der Waals surface area (Å²) in [6, 6.07) is 2.03. The first kappa shape index (κ1) is 10.7. The first-order chi connectivity index (χ1) is 7.22. The molecule has 2 N–H and O–H groups in total. The Balaban J connectivity index is 2.21. The van der Waals surface area contributed by atoms with Gasteiger partial charge in [-0.25, -0.2) is 0 Å². The first-order valence-electron chi connectivity index (χ1n) is 5.67. The van der Waals surface area contributed by atoms with E-state index < -0.39 is 6.10 Å². The molecule has 0 aromatic carbocycles. The van der Waals surface area contributed by atoms with Crippen LogP contribution in [-0.2, 0) is 6.42 Å². The molecule has 0 amide bonds. The van der Waals surface area contributed by atoms with Crippen LogP contribution in [0.25, 0.3) is 0 Å². The van der Waals surface area contributed by atoms with Crippen LogP contribution in [0, 0.1) is 0 Å². The van der Waals surface area contributed by atoms with Gasteiger partial charge in [-0.3, -0.25) is 0 Å². The lowest BCUT2D eigenvalue weighted by Crippen LogP contribution is -2.16. The third-order valence-corrected chi connectivity index (χ3v) is 3.16. The van der Waals surface area contributed by atoms with Crippen molar-refractivity contribution in [3.63, 3.8) is 0 Å². The van der Waals surface area contributed by atoms with Gasteiger partial charge in [0.1, 0.15) is 17.6 Å². The second-order valence-corrected chi connectivity index (χ2v) is 4.39. The van der Waals surface area contributed by atoms with Crippen molar-refractivity contribution in [2.24, 2.45) is 0 Å². The molecule has 3 heteroatoms. The van der Waals surface area contributed by atoms with Crippen LogP contribution < -0.4 is 5.32 Å². The number of furan rings is 1. The third-order valence-electron chi connectivity index (χ3n) is 3.16. The van der Waals surface area contributed by atoms with E-state index in [2.05, 4.69) is 12.2 Å². The highest BCUT2D eigenvalue weighted by Crippen LogP contribution is 2.34. The summed E-state index contributed by atoms with van der Waals surface area (Å²) in [6.07, 6.45) is 2.93. The fourth-order valence-corrected chi connectivity index (χ4v) is 2.26. The smallest absolute Gasteiger partial charge is 0.134 e. The van der Waals surface area contributed by atoms with Crippen molar-refractivity contribution in [1.29, 1.82) is 0 Å². The summed E-state index contributed by atoms with van der Waals surface area (Å²) in [5.74, 6) is 2.37. The average Bonchev–Trinajstić information content (AvgIpc) is 2.63. The molecule has 1 aromatic rings. The molecular weight excluding hydrogens is 190 g/mol. The van der Waals surface area contributed by atoms with Gasteiger partial charge in [0, 0.05) is 13.0 Å². The zero-order valence-electron chi connectivity index (χ0n) is 9.42. The molecular formula is C12H19NO2. The molecule has 0 aliphatic heterocycles. The molecule has 2 unspecified atom stereocenters. The van der Waals surface area contributed by atoms with Crippen LogP contribution in [0.2, 0.25) is 0 Å². The number of aliphatic hydroxyl groups excluding tert-OH is 1. The van der Waals surface area contributed by atoms with Crippen molar-refractivity contribution in [3.05, 3.63) is 23.2 Å². The molecule has 0 fully saturated rings. The number of likely N-dealkylation sites (N-methyl/N-ethyl adjacent to an activating group) is 1. The summed E-state index contributed by atoms with van der Waals surface area (Å²) in [4.78, 5) is 0. The number of hydrogen-bond donors (Lipinski definition) is 2. The van der Waals surface area contributed by atoms with E-state index in [9.17, 15) is 5.11 Å². The van der Waals surface area contributed by atoms with Crippen molar-refractivity contribution in [2.45, 2.75) is 38.2 Å². The Hall–Kier alpha value is -0.800. The first-order valence-corrected chi connectivity index (χ1v) is 5.67. The fourth-order valence-electron chi connectivity index (χ4n) is 2.26. The minimum atomic E-state index is -0.521. The second-order valence-electron chi connectivity index (χ2n) is 4.39. The number of rotatable bonds is 3. The zero-order chi connectivity index (χ0) is 10.8. The van der Waals surface area contributed by atoms with E-state index in [4.69, 9.17) is 4.42 Å². The quantitative estimate of drug-likeness (QED) is 0.800. The van der Waals surface area contributed by atoms with Gasteiger partial charge in [-0.1, -0.05) is 6.92 Å². The van der Waals surface area contributed by atoms with Crippen LogP contribution in [0.4, 0.5) is 0 Å². The molecule has 0 saturated heterocycles. The van der Waals surface area contributed by atoms with Crippen molar-refractivity contribution < 1.29 is 9.52 Å². The average molecular weight is 209 g/mol. The Morgan fingerprint density at radius 2 is 2.47 bits per heavy atom. The van der Waals surface area contributed by atoms with Crippen LogP contribution in [0.5, 0.6) is 0 Å². The molecule has 0 saturated carbocycles. The van der Waals surface area contributed by atoms with Crippen molar-refractivity contribution in [1.82, 2.24) is 5.32 Å². The summed E-state index contributed by atoms with van der Waals surface area (Å²) in [7, 11) is 1.83. The standard InChI is InChI=1S/C12H19NO2/c1-8-4-3-5-11-9(8)6-12(15-11)10(14)7-13-2/h6,8,10,13-14H,3-5,7H2,1-2H3. The molecule has 0 radical (unpaired) electrons. The normalized spacial score (nSPS) is 22.5. The highest BCUT2D eigenvalue weighted by Gasteiger charge is 2.23. The van der Waals surface area contributed by atoms with Crippen molar-refractivity contribution in [2.75, 3.05) is 13.6 Å². The fraction of sp³-hybridized carbons (Fsp3) is 0.667. The molecule has 1 heterocycles. The lowest BCUT2D eigenvalue weighted by Gasteiger charge is -2.16. The predicted octanol–water partition coefficient (Wildman–Crippen LogP) is 1.97. The van der Waals surface area contributed by atoms with E-state index in [-0.39, 0.29) is 0 Å². The van der Waals surface area contributed by atoms with Crippen LogP contribution in [0.1, 0.15) is 48.9 Å². The lowest BCUT2D eigenvalue weighted by molar-refractivity contribution is 0.148. The maximum atomic E-state index is 9.80. The summed E-state index contributed by atoms with van der Waals surface area (Å²) < 4.78 is 5.70. The minimum absolute atomic E-state index is 0.521. The van der Waals surface area contributed by atoms with E-state index in [0.717, 1.165) is 12.2 Å². The maximum Gasteiger partial charge on any atom is 0.134 e. The third kappa shape index (κ3) is 2.08. The van der Waals surface area contributed by atoms with E-state index in [1.165, 1.54) is 18.4 Å². The molecule has 3 nitrogen and oxygen atoms in total. The Kier molecular flexibility index (Phi) is 3.12. The topological polar surface area (TPSA) is 45.4 Å². The number of aryl methyl sites for hydroxylation is 1. The Morgan fingerprint density at radius 3 is 3.13 bits per heavy atom. The van der Waals surface area contributed by atoms with Crippen LogP contribution in [0.15, 0.2) is 10.5 Å². The molecule has 2 atom stereocenters. The number of hydrogen-bond acceptors (Lipinski definition) is 3. The summed E-state index contributed by atoms with van der Waals surface area (Å²) >= 11 is 0. The van der Waals surface area contributed by atoms with Gasteiger partial charge in [0.2, 0.25) is 0 Å². The SMILES string of the molecule is CNCC(O)c1cc2c(o1)CCCC2C. The zero-order valence-corrected chi connectivity index (χ0v) is 9.42. The van der Waals surface area contributed by atoms with Gasteiger partial charge < -0.3 is 14.8 Å². The molecule has 84 valence electrons. The highest BCUT2D eigenvalue weighted by molar-refractivity contribution is 5.28. The van der Waals surface area contributed by atoms with E-state index in [0.29, 0.717) is 18.2 Å². The van der Waals surface area contributed by atoms with Gasteiger partial charge in [-0.05, 0) is 37.4 Å². The number of nitrogens with one attached hydrogen (secondary N) is 1. The molecule has 15 heavy (non-hydrogen) atoms. The van der Waals surface area contributed by atoms with Gasteiger partial charge in [0.25, 0.3) is 0 Å². The summed E-state index contributed by atoms with van der Waals surface area (Å²) in [5.41, 5.74) is 1.30. The van der Waals surface area contributed by atoms with Gasteiger partial charge in [-0.15, -0.1) is 0 Å². The van der Waals surface area contributed by atoms with Crippen LogP contribution in [0.3, 0.4) is 0 Å². The van der Waals surface area contributed by atoms with Crippen molar-refractivity contribution in [3.8, 4) is 0 Å². The lowest BCUT2D eigenvalue weighted by atomic mass is 9.89. The van der Waals surface area contributed by atoms with Gasteiger partial charge in [0.05, 0.1) is 0 Å². The molecule has 2 rings (SSSR count). The second kappa shape index (κ2) is 4.37. The van der Waals surface area contributed by atoms with E-state index >= 15 is 0 Å². The van der Waals surface area contributed by atoms with Gasteiger partial charge >= 0.3 is 0 Å². The van der Waals surface area contributed by atoms with E-state index in [1.54, 1.807) is 0 Å². The van der Waals surface area contributed by atoms with Crippen molar-refractivity contribution >= 4 is 0 Å². The minimum Gasteiger partial charge on any atom is -0.463 e. The Labute approximate surface area is 90.5 Å². The Morgan fingerprint density at radius 1 is 1.67 bits per heavy atom. The van der Waals surface area contributed by atoms with Gasteiger partial charge in [-0.2, -0.15) is 0 Å². The summed E-state index contributed by atoms with van der Waals surface area (Å²) in [6.45, 7) is 2.77. The van der Waals surface area contributed by atoms with E-state index in [1.807, 2.05) is 13.1 Å².